The van der Waals surface area contributed by atoms with Crippen molar-refractivity contribution in [2.24, 2.45) is 10.7 Å². The summed E-state index contributed by atoms with van der Waals surface area (Å²) in [5, 5.41) is 8.90. The van der Waals surface area contributed by atoms with Crippen molar-refractivity contribution in [1.82, 2.24) is 5.48 Å². The van der Waals surface area contributed by atoms with E-state index in [2.05, 4.69) is 4.99 Å². The van der Waals surface area contributed by atoms with Crippen LogP contribution in [0.25, 0.3) is 0 Å². The van der Waals surface area contributed by atoms with E-state index in [1.54, 1.807) is 29.7 Å². The lowest BCUT2D eigenvalue weighted by Crippen LogP contribution is -2.27. The van der Waals surface area contributed by atoms with Gasteiger partial charge in [0.05, 0.1) is 5.69 Å². The van der Waals surface area contributed by atoms with Crippen LogP contribution in [0.4, 0.5) is 5.69 Å². The molecule has 13 heavy (non-hydrogen) atoms. The van der Waals surface area contributed by atoms with E-state index in [9.17, 15) is 0 Å². The molecule has 1 rings (SSSR count). The smallest absolute Gasteiger partial charge is 0.218 e. The van der Waals surface area contributed by atoms with Gasteiger partial charge in [0.2, 0.25) is 5.96 Å². The molecule has 6 heteroatoms. The Hall–Kier alpha value is -0.970. The summed E-state index contributed by atoms with van der Waals surface area (Å²) in [4.78, 5) is 3.79. The SMILES string of the molecule is Cl.NC(=Nc1cccc(Cl)c1)NO. The first kappa shape index (κ1) is 12.0. The Morgan fingerprint density at radius 3 is 2.77 bits per heavy atom. The minimum Gasteiger partial charge on any atom is -0.368 e. The lowest BCUT2D eigenvalue weighted by Gasteiger charge is -1.97. The summed E-state index contributed by atoms with van der Waals surface area (Å²) >= 11 is 5.68. The van der Waals surface area contributed by atoms with Gasteiger partial charge in [-0.3, -0.25) is 5.21 Å². The summed E-state index contributed by atoms with van der Waals surface area (Å²) in [7, 11) is 0. The van der Waals surface area contributed by atoms with Crippen LogP contribution in [0.5, 0.6) is 0 Å². The first-order valence-corrected chi connectivity index (χ1v) is 3.60. The van der Waals surface area contributed by atoms with Crippen LogP contribution in [0.1, 0.15) is 0 Å². The van der Waals surface area contributed by atoms with Gasteiger partial charge in [-0.25, -0.2) is 10.5 Å². The third kappa shape index (κ3) is 3.98. The van der Waals surface area contributed by atoms with Gasteiger partial charge >= 0.3 is 0 Å². The highest BCUT2D eigenvalue weighted by molar-refractivity contribution is 6.30. The third-order valence-electron chi connectivity index (χ3n) is 1.17. The van der Waals surface area contributed by atoms with Gasteiger partial charge in [0.15, 0.2) is 0 Å². The van der Waals surface area contributed by atoms with Crippen molar-refractivity contribution < 1.29 is 5.21 Å². The van der Waals surface area contributed by atoms with Crippen LogP contribution in [-0.2, 0) is 0 Å². The van der Waals surface area contributed by atoms with Gasteiger partial charge in [0.25, 0.3) is 0 Å². The first-order chi connectivity index (χ1) is 5.72. The molecule has 0 saturated heterocycles. The number of aliphatic imine (C=N–C) groups is 1. The Balaban J connectivity index is 0.00000144. The van der Waals surface area contributed by atoms with E-state index in [0.29, 0.717) is 10.7 Å². The molecule has 1 aromatic rings. The van der Waals surface area contributed by atoms with E-state index in [1.165, 1.54) is 0 Å². The quantitative estimate of drug-likeness (QED) is 0.384. The van der Waals surface area contributed by atoms with Crippen LogP contribution in [0.3, 0.4) is 0 Å². The molecule has 1 aromatic carbocycles. The second kappa shape index (κ2) is 5.64. The van der Waals surface area contributed by atoms with Gasteiger partial charge < -0.3 is 5.73 Å². The van der Waals surface area contributed by atoms with Gasteiger partial charge in [-0.05, 0) is 18.2 Å². The van der Waals surface area contributed by atoms with Crippen molar-refractivity contribution in [3.05, 3.63) is 29.3 Å². The van der Waals surface area contributed by atoms with Crippen molar-refractivity contribution >= 4 is 35.7 Å². The fourth-order valence-electron chi connectivity index (χ4n) is 0.710. The standard InChI is InChI=1S/C7H8ClN3O.ClH/c8-5-2-1-3-6(4-5)10-7(9)11-12;/h1-4,12H,(H3,9,10,11);1H. The zero-order valence-corrected chi connectivity index (χ0v) is 8.14. The second-order valence-electron chi connectivity index (χ2n) is 2.09. The van der Waals surface area contributed by atoms with Crippen LogP contribution in [0.2, 0.25) is 5.02 Å². The number of nitrogens with one attached hydrogen (secondary N) is 1. The molecule has 0 radical (unpaired) electrons. The van der Waals surface area contributed by atoms with Crippen molar-refractivity contribution in [3.8, 4) is 0 Å². The molecular weight excluding hydrogens is 213 g/mol. The van der Waals surface area contributed by atoms with Gasteiger partial charge in [0, 0.05) is 5.02 Å². The number of benzene rings is 1. The fraction of sp³-hybridized carbons (Fsp3) is 0. The molecule has 0 aromatic heterocycles. The van der Waals surface area contributed by atoms with E-state index in [-0.39, 0.29) is 18.4 Å². The second-order valence-corrected chi connectivity index (χ2v) is 2.53. The van der Waals surface area contributed by atoms with E-state index in [0.717, 1.165) is 0 Å². The Bertz CT molecular complexity index is 304. The summed E-state index contributed by atoms with van der Waals surface area (Å²) in [5.41, 5.74) is 7.50. The number of nitrogens with two attached hydrogens (primary N) is 1. The lowest BCUT2D eigenvalue weighted by atomic mass is 10.3. The Labute approximate surface area is 86.8 Å². The van der Waals surface area contributed by atoms with E-state index in [4.69, 9.17) is 22.5 Å². The predicted octanol–water partition coefficient (Wildman–Crippen LogP) is 1.69. The maximum Gasteiger partial charge on any atom is 0.218 e. The number of hydroxylamine groups is 1. The first-order valence-electron chi connectivity index (χ1n) is 3.22. The minimum absolute atomic E-state index is 0. The molecule has 0 saturated carbocycles. The summed E-state index contributed by atoms with van der Waals surface area (Å²) in [5.74, 6) is -0.0720. The number of hydrogen-bond acceptors (Lipinski definition) is 2. The normalized spacial score (nSPS) is 10.5. The number of hydrogen-bond donors (Lipinski definition) is 3. The zero-order chi connectivity index (χ0) is 8.97. The molecule has 0 atom stereocenters. The highest BCUT2D eigenvalue weighted by Gasteiger charge is 1.92. The number of rotatable bonds is 1. The van der Waals surface area contributed by atoms with Crippen LogP contribution in [-0.4, -0.2) is 11.2 Å². The predicted molar refractivity (Wildman–Crippen MR) is 54.9 cm³/mol. The zero-order valence-electron chi connectivity index (χ0n) is 6.57. The average Bonchev–Trinajstić information content (AvgIpc) is 2.04. The molecule has 4 nitrogen and oxygen atoms in total. The van der Waals surface area contributed by atoms with Gasteiger partial charge in [0.1, 0.15) is 0 Å². The van der Waals surface area contributed by atoms with Gasteiger partial charge in [-0.1, -0.05) is 17.7 Å². The molecule has 0 aliphatic heterocycles. The van der Waals surface area contributed by atoms with Gasteiger partial charge in [-0.15, -0.1) is 12.4 Å². The highest BCUT2D eigenvalue weighted by Crippen LogP contribution is 2.17. The maximum atomic E-state index is 8.33. The number of guanidine groups is 1. The molecule has 0 heterocycles. The molecule has 4 N–H and O–H groups in total. The van der Waals surface area contributed by atoms with Crippen LogP contribution in [0, 0.1) is 0 Å². The van der Waals surface area contributed by atoms with Gasteiger partial charge in [-0.2, -0.15) is 0 Å². The molecule has 0 amide bonds. The van der Waals surface area contributed by atoms with Crippen LogP contribution >= 0.6 is 24.0 Å². The average molecular weight is 222 g/mol. The molecule has 72 valence electrons. The molecule has 0 aliphatic rings. The molecule has 0 unspecified atom stereocenters. The Morgan fingerprint density at radius 1 is 1.54 bits per heavy atom. The topological polar surface area (TPSA) is 70.6 Å². The maximum absolute atomic E-state index is 8.33. The highest BCUT2D eigenvalue weighted by atomic mass is 35.5. The summed E-state index contributed by atoms with van der Waals surface area (Å²) in [6.45, 7) is 0. The van der Waals surface area contributed by atoms with E-state index < -0.39 is 0 Å². The van der Waals surface area contributed by atoms with Crippen molar-refractivity contribution in [2.75, 3.05) is 0 Å². The molecule has 0 aliphatic carbocycles. The van der Waals surface area contributed by atoms with E-state index in [1.807, 2.05) is 0 Å². The Kier molecular flexibility index (Phi) is 5.22. The molecular formula is C7H9Cl2N3O. The van der Waals surface area contributed by atoms with Crippen LogP contribution < -0.4 is 11.2 Å². The van der Waals surface area contributed by atoms with Crippen molar-refractivity contribution in [3.63, 3.8) is 0 Å². The fourth-order valence-corrected chi connectivity index (χ4v) is 0.894. The number of nitrogens with zero attached hydrogens (tertiary/aromatic N) is 1. The summed E-state index contributed by atoms with van der Waals surface area (Å²) in [6, 6.07) is 6.82. The summed E-state index contributed by atoms with van der Waals surface area (Å²) in [6.07, 6.45) is 0. The minimum atomic E-state index is -0.0720. The lowest BCUT2D eigenvalue weighted by molar-refractivity contribution is 0.233. The largest absolute Gasteiger partial charge is 0.368 e. The third-order valence-corrected chi connectivity index (χ3v) is 1.41. The van der Waals surface area contributed by atoms with Crippen LogP contribution in [0.15, 0.2) is 29.3 Å². The number of halogens is 2. The molecule has 0 spiro atoms. The van der Waals surface area contributed by atoms with Crippen molar-refractivity contribution in [2.45, 2.75) is 0 Å². The summed E-state index contributed by atoms with van der Waals surface area (Å²) < 4.78 is 0. The molecule has 0 bridgehead atoms. The monoisotopic (exact) mass is 221 g/mol. The van der Waals surface area contributed by atoms with E-state index >= 15 is 0 Å². The van der Waals surface area contributed by atoms with Crippen molar-refractivity contribution in [1.29, 1.82) is 0 Å². The Morgan fingerprint density at radius 2 is 2.23 bits per heavy atom. The molecule has 0 fully saturated rings.